The van der Waals surface area contributed by atoms with Gasteiger partial charge in [-0.15, -0.1) is 0 Å². The molecule has 1 aliphatic heterocycles. The van der Waals surface area contributed by atoms with Gasteiger partial charge in [0.25, 0.3) is 0 Å². The first-order valence-corrected chi connectivity index (χ1v) is 3.57. The van der Waals surface area contributed by atoms with Crippen molar-refractivity contribution in [1.82, 2.24) is 0 Å². The average Bonchev–Trinajstić information content (AvgIpc) is 2.48. The summed E-state index contributed by atoms with van der Waals surface area (Å²) < 4.78 is 10.4. The molecule has 1 fully saturated rings. The Morgan fingerprint density at radius 1 is 1.56 bits per heavy atom. The van der Waals surface area contributed by atoms with Crippen LogP contribution in [-0.4, -0.2) is 25.4 Å². The molecular formula is C7H14O2. The molecule has 0 aromatic carbocycles. The van der Waals surface area contributed by atoms with Crippen molar-refractivity contribution in [3.8, 4) is 0 Å². The lowest BCUT2D eigenvalue weighted by Gasteiger charge is -1.96. The predicted octanol–water partition coefficient (Wildman–Crippen LogP) is 1.20. The summed E-state index contributed by atoms with van der Waals surface area (Å²) in [5.41, 5.74) is 0. The zero-order valence-electron chi connectivity index (χ0n) is 6.09. The smallest absolute Gasteiger partial charge is 0.107 e. The lowest BCUT2D eigenvalue weighted by atomic mass is 10.4. The van der Waals surface area contributed by atoms with Crippen molar-refractivity contribution in [1.29, 1.82) is 0 Å². The monoisotopic (exact) mass is 130 g/mol. The van der Waals surface area contributed by atoms with Crippen molar-refractivity contribution in [2.75, 3.05) is 13.2 Å². The van der Waals surface area contributed by atoms with E-state index in [1.165, 1.54) is 0 Å². The first-order chi connectivity index (χ1) is 4.34. The third-order valence-electron chi connectivity index (χ3n) is 1.47. The number of epoxide rings is 1. The first kappa shape index (κ1) is 7.03. The molecule has 2 nitrogen and oxygen atoms in total. The third-order valence-corrected chi connectivity index (χ3v) is 1.47. The molecule has 0 amide bonds. The first-order valence-electron chi connectivity index (χ1n) is 3.57. The maximum absolute atomic E-state index is 5.25. The van der Waals surface area contributed by atoms with Gasteiger partial charge in [0.05, 0.1) is 12.7 Å². The highest BCUT2D eigenvalue weighted by atomic mass is 16.6. The van der Waals surface area contributed by atoms with E-state index in [1.54, 1.807) is 0 Å². The van der Waals surface area contributed by atoms with E-state index < -0.39 is 0 Å². The van der Waals surface area contributed by atoms with Crippen molar-refractivity contribution in [3.63, 3.8) is 0 Å². The standard InChI is InChI=1S/C7H14O2/c1-3-4-8-5-7-6(2)9-7/h6-7H,3-5H2,1-2H3. The Bertz CT molecular complexity index is 83.0. The summed E-state index contributed by atoms with van der Waals surface area (Å²) in [5, 5.41) is 0. The van der Waals surface area contributed by atoms with Gasteiger partial charge in [0, 0.05) is 6.61 Å². The molecule has 0 spiro atoms. The van der Waals surface area contributed by atoms with Crippen LogP contribution in [0.3, 0.4) is 0 Å². The van der Waals surface area contributed by atoms with Gasteiger partial charge in [-0.05, 0) is 13.3 Å². The maximum Gasteiger partial charge on any atom is 0.107 e. The SMILES string of the molecule is CCCOCC1OC1C. The van der Waals surface area contributed by atoms with E-state index in [9.17, 15) is 0 Å². The van der Waals surface area contributed by atoms with E-state index in [2.05, 4.69) is 13.8 Å². The fraction of sp³-hybridized carbons (Fsp3) is 1.00. The van der Waals surface area contributed by atoms with Crippen LogP contribution in [0.2, 0.25) is 0 Å². The topological polar surface area (TPSA) is 21.8 Å². The van der Waals surface area contributed by atoms with Gasteiger partial charge in [0.2, 0.25) is 0 Å². The molecule has 0 saturated carbocycles. The summed E-state index contributed by atoms with van der Waals surface area (Å²) >= 11 is 0. The normalized spacial score (nSPS) is 32.7. The van der Waals surface area contributed by atoms with Gasteiger partial charge in [0.1, 0.15) is 6.10 Å². The van der Waals surface area contributed by atoms with E-state index in [4.69, 9.17) is 9.47 Å². The minimum absolute atomic E-state index is 0.400. The largest absolute Gasteiger partial charge is 0.379 e. The van der Waals surface area contributed by atoms with Crippen molar-refractivity contribution in [3.05, 3.63) is 0 Å². The molecule has 2 unspecified atom stereocenters. The molecule has 9 heavy (non-hydrogen) atoms. The van der Waals surface area contributed by atoms with Crippen LogP contribution in [0.1, 0.15) is 20.3 Å². The van der Waals surface area contributed by atoms with Crippen molar-refractivity contribution < 1.29 is 9.47 Å². The van der Waals surface area contributed by atoms with Crippen LogP contribution in [0.25, 0.3) is 0 Å². The summed E-state index contributed by atoms with van der Waals surface area (Å²) in [4.78, 5) is 0. The summed E-state index contributed by atoms with van der Waals surface area (Å²) in [7, 11) is 0. The summed E-state index contributed by atoms with van der Waals surface area (Å²) in [5.74, 6) is 0. The van der Waals surface area contributed by atoms with Gasteiger partial charge in [-0.25, -0.2) is 0 Å². The minimum Gasteiger partial charge on any atom is -0.379 e. The molecule has 0 aromatic heterocycles. The van der Waals surface area contributed by atoms with Gasteiger partial charge in [-0.1, -0.05) is 6.92 Å². The molecule has 0 radical (unpaired) electrons. The Kier molecular flexibility index (Phi) is 2.49. The summed E-state index contributed by atoms with van der Waals surface area (Å²) in [6, 6.07) is 0. The van der Waals surface area contributed by atoms with Crippen LogP contribution in [-0.2, 0) is 9.47 Å². The molecule has 54 valence electrons. The summed E-state index contributed by atoms with van der Waals surface area (Å²) in [6.45, 7) is 5.83. The Hall–Kier alpha value is -0.0800. The van der Waals surface area contributed by atoms with Crippen LogP contribution in [0, 0.1) is 0 Å². The number of hydrogen-bond donors (Lipinski definition) is 0. The highest BCUT2D eigenvalue weighted by molar-refractivity contribution is 4.79. The molecule has 2 atom stereocenters. The van der Waals surface area contributed by atoms with E-state index in [0.29, 0.717) is 12.2 Å². The predicted molar refractivity (Wildman–Crippen MR) is 35.4 cm³/mol. The van der Waals surface area contributed by atoms with Crippen LogP contribution >= 0.6 is 0 Å². The highest BCUT2D eigenvalue weighted by Crippen LogP contribution is 2.20. The minimum atomic E-state index is 0.400. The molecule has 1 rings (SSSR count). The van der Waals surface area contributed by atoms with Gasteiger partial charge in [-0.2, -0.15) is 0 Å². The van der Waals surface area contributed by atoms with E-state index in [0.717, 1.165) is 19.6 Å². The second-order valence-electron chi connectivity index (χ2n) is 2.45. The quantitative estimate of drug-likeness (QED) is 0.421. The molecule has 0 aliphatic carbocycles. The molecule has 2 heteroatoms. The van der Waals surface area contributed by atoms with Crippen LogP contribution in [0.5, 0.6) is 0 Å². The Balaban J connectivity index is 1.83. The number of rotatable bonds is 4. The third kappa shape index (κ3) is 2.33. The molecule has 1 aliphatic rings. The number of ether oxygens (including phenoxy) is 2. The Morgan fingerprint density at radius 2 is 2.22 bits per heavy atom. The average molecular weight is 130 g/mol. The van der Waals surface area contributed by atoms with Crippen molar-refractivity contribution in [2.24, 2.45) is 0 Å². The summed E-state index contributed by atoms with van der Waals surface area (Å²) in [6.07, 6.45) is 1.94. The molecule has 0 aromatic rings. The second kappa shape index (κ2) is 3.18. The molecule has 0 N–H and O–H groups in total. The van der Waals surface area contributed by atoms with Gasteiger partial charge in [0.15, 0.2) is 0 Å². The van der Waals surface area contributed by atoms with Crippen LogP contribution < -0.4 is 0 Å². The molecular weight excluding hydrogens is 116 g/mol. The second-order valence-corrected chi connectivity index (χ2v) is 2.45. The van der Waals surface area contributed by atoms with E-state index >= 15 is 0 Å². The fourth-order valence-electron chi connectivity index (χ4n) is 0.749. The highest BCUT2D eigenvalue weighted by Gasteiger charge is 2.33. The lowest BCUT2D eigenvalue weighted by Crippen LogP contribution is -2.03. The number of hydrogen-bond acceptors (Lipinski definition) is 2. The van der Waals surface area contributed by atoms with Crippen LogP contribution in [0.15, 0.2) is 0 Å². The van der Waals surface area contributed by atoms with Crippen molar-refractivity contribution >= 4 is 0 Å². The molecule has 1 heterocycles. The van der Waals surface area contributed by atoms with Gasteiger partial charge >= 0.3 is 0 Å². The molecule has 0 bridgehead atoms. The van der Waals surface area contributed by atoms with Gasteiger partial charge < -0.3 is 9.47 Å². The van der Waals surface area contributed by atoms with Crippen molar-refractivity contribution in [2.45, 2.75) is 32.5 Å². The Morgan fingerprint density at radius 3 is 2.67 bits per heavy atom. The lowest BCUT2D eigenvalue weighted by molar-refractivity contribution is 0.117. The fourth-order valence-corrected chi connectivity index (χ4v) is 0.749. The maximum atomic E-state index is 5.25. The van der Waals surface area contributed by atoms with E-state index in [-0.39, 0.29) is 0 Å². The van der Waals surface area contributed by atoms with E-state index in [1.807, 2.05) is 0 Å². The zero-order valence-corrected chi connectivity index (χ0v) is 6.09. The Labute approximate surface area is 56.2 Å². The van der Waals surface area contributed by atoms with Gasteiger partial charge in [-0.3, -0.25) is 0 Å². The van der Waals surface area contributed by atoms with Crippen LogP contribution in [0.4, 0.5) is 0 Å². The zero-order chi connectivity index (χ0) is 6.69. The molecule has 1 saturated heterocycles.